The number of carbonyl (C=O) groups is 1. The Morgan fingerprint density at radius 2 is 1.98 bits per heavy atom. The Kier molecular flexibility index (Phi) is 10.2. The Bertz CT molecular complexity index is 1880. The fourth-order valence-corrected chi connectivity index (χ4v) is 6.97. The number of halogens is 1. The van der Waals surface area contributed by atoms with Crippen LogP contribution in [-0.2, 0) is 4.79 Å². The van der Waals surface area contributed by atoms with Crippen molar-refractivity contribution in [3.8, 4) is 23.1 Å². The minimum Gasteiger partial charge on any atom is -0.471 e. The van der Waals surface area contributed by atoms with E-state index in [0.29, 0.717) is 39.1 Å². The SMILES string of the molecule is C=CC(=O)N1CCCC[C@H]1C.Cc1cc2c(N)c(N=N)c(O[C@@H](C)[C@@H]3CCCN3C)nc2c(F)c1-c1cccc2cccc(C#N)c12. The monoisotopic (exact) mass is 635 g/mol. The molecule has 0 unspecified atom stereocenters. The van der Waals surface area contributed by atoms with Crippen molar-refractivity contribution in [2.45, 2.75) is 71.1 Å². The van der Waals surface area contributed by atoms with Crippen molar-refractivity contribution in [2.24, 2.45) is 5.11 Å². The predicted molar refractivity (Wildman–Crippen MR) is 184 cm³/mol. The van der Waals surface area contributed by atoms with Gasteiger partial charge in [-0.3, -0.25) is 9.69 Å². The van der Waals surface area contributed by atoms with Crippen LogP contribution in [0.4, 0.5) is 15.8 Å². The molecule has 10 heteroatoms. The summed E-state index contributed by atoms with van der Waals surface area (Å²) in [6.45, 7) is 11.2. The number of fused-ring (bicyclic) bond motifs is 2. The van der Waals surface area contributed by atoms with Crippen molar-refractivity contribution in [3.05, 3.63) is 72.1 Å². The number of amides is 1. The summed E-state index contributed by atoms with van der Waals surface area (Å²) in [6, 6.07) is 15.6. The summed E-state index contributed by atoms with van der Waals surface area (Å²) in [5.41, 5.74) is 16.5. The molecule has 6 rings (SSSR count). The first-order valence-electron chi connectivity index (χ1n) is 16.1. The maximum atomic E-state index is 16.3. The number of carbonyl (C=O) groups excluding carboxylic acids is 1. The largest absolute Gasteiger partial charge is 0.471 e. The van der Waals surface area contributed by atoms with Gasteiger partial charge in [0.2, 0.25) is 11.8 Å². The van der Waals surface area contributed by atoms with Gasteiger partial charge >= 0.3 is 0 Å². The van der Waals surface area contributed by atoms with E-state index < -0.39 is 5.82 Å². The molecule has 3 aromatic carbocycles. The van der Waals surface area contributed by atoms with Crippen molar-refractivity contribution in [1.82, 2.24) is 14.8 Å². The third-order valence-electron chi connectivity index (χ3n) is 9.48. The second-order valence-electron chi connectivity index (χ2n) is 12.5. The lowest BCUT2D eigenvalue weighted by molar-refractivity contribution is -0.129. The van der Waals surface area contributed by atoms with Gasteiger partial charge in [0, 0.05) is 35.0 Å². The van der Waals surface area contributed by atoms with E-state index in [1.54, 1.807) is 19.1 Å². The lowest BCUT2D eigenvalue weighted by Gasteiger charge is -2.32. The number of nitrogen functional groups attached to an aromatic ring is 1. The average molecular weight is 636 g/mol. The minimum absolute atomic E-state index is 0.0483. The molecule has 0 bridgehead atoms. The van der Waals surface area contributed by atoms with Gasteiger partial charge < -0.3 is 15.4 Å². The van der Waals surface area contributed by atoms with Crippen LogP contribution in [0.3, 0.4) is 0 Å². The number of piperidine rings is 1. The van der Waals surface area contributed by atoms with Gasteiger partial charge in [0.05, 0.1) is 17.3 Å². The highest BCUT2D eigenvalue weighted by atomic mass is 19.1. The molecule has 2 saturated heterocycles. The molecule has 2 aliphatic rings. The number of nitriles is 1. The van der Waals surface area contributed by atoms with Gasteiger partial charge in [-0.2, -0.15) is 10.4 Å². The number of likely N-dealkylation sites (N-methyl/N-ethyl adjacent to an activating group) is 1. The maximum Gasteiger partial charge on any atom is 0.246 e. The normalized spacial score (nSPS) is 18.7. The third-order valence-corrected chi connectivity index (χ3v) is 9.48. The van der Waals surface area contributed by atoms with Crippen molar-refractivity contribution >= 4 is 39.0 Å². The quantitative estimate of drug-likeness (QED) is 0.163. The van der Waals surface area contributed by atoms with E-state index in [9.17, 15) is 10.1 Å². The number of rotatable bonds is 6. The zero-order valence-corrected chi connectivity index (χ0v) is 27.5. The van der Waals surface area contributed by atoms with Crippen molar-refractivity contribution in [1.29, 1.82) is 10.8 Å². The van der Waals surface area contributed by atoms with Gasteiger partial charge in [-0.1, -0.05) is 36.9 Å². The molecule has 0 radical (unpaired) electrons. The minimum atomic E-state index is -0.552. The summed E-state index contributed by atoms with van der Waals surface area (Å²) < 4.78 is 22.5. The lowest BCUT2D eigenvalue weighted by atomic mass is 9.91. The molecular formula is C37H42FN7O2. The smallest absolute Gasteiger partial charge is 0.246 e. The van der Waals surface area contributed by atoms with E-state index in [1.165, 1.54) is 12.5 Å². The number of likely N-dealkylation sites (tertiary alicyclic amines) is 2. The Hall–Kier alpha value is -4.88. The molecule has 47 heavy (non-hydrogen) atoms. The summed E-state index contributed by atoms with van der Waals surface area (Å²) in [4.78, 5) is 19.8. The van der Waals surface area contributed by atoms with E-state index in [2.05, 4.69) is 34.6 Å². The van der Waals surface area contributed by atoms with Crippen LogP contribution in [0.25, 0.3) is 32.8 Å². The van der Waals surface area contributed by atoms with Crippen LogP contribution in [0.5, 0.6) is 5.88 Å². The van der Waals surface area contributed by atoms with Gasteiger partial charge in [0.1, 0.15) is 11.6 Å². The Balaban J connectivity index is 0.000000335. The first-order valence-corrected chi connectivity index (χ1v) is 16.1. The van der Waals surface area contributed by atoms with E-state index >= 15 is 4.39 Å². The number of anilines is 1. The first kappa shape index (κ1) is 33.5. The van der Waals surface area contributed by atoms with Crippen molar-refractivity contribution < 1.29 is 13.9 Å². The Labute approximate surface area is 275 Å². The molecule has 0 saturated carbocycles. The summed E-state index contributed by atoms with van der Waals surface area (Å²) in [5.74, 6) is -0.423. The van der Waals surface area contributed by atoms with Gasteiger partial charge in [0.15, 0.2) is 11.5 Å². The third kappa shape index (κ3) is 6.54. The highest BCUT2D eigenvalue weighted by Gasteiger charge is 2.30. The molecule has 4 aromatic rings. The number of aromatic nitrogens is 1. The molecular weight excluding hydrogens is 593 g/mol. The molecule has 244 valence electrons. The molecule has 1 aromatic heterocycles. The summed E-state index contributed by atoms with van der Waals surface area (Å²) in [6.07, 6.45) is 6.75. The first-order chi connectivity index (χ1) is 22.6. The highest BCUT2D eigenvalue weighted by molar-refractivity contribution is 6.05. The van der Waals surface area contributed by atoms with E-state index in [-0.39, 0.29) is 40.8 Å². The van der Waals surface area contributed by atoms with Crippen LogP contribution in [0, 0.1) is 29.6 Å². The number of hydrogen-bond acceptors (Lipinski definition) is 8. The Morgan fingerprint density at radius 3 is 2.62 bits per heavy atom. The standard InChI is InChI=1S/C28H27FN6O.C9H15NO/c1-15-13-20-25(31)27(34-32)28(36-16(2)21-11-6-12-35(21)3)33-26(20)24(29)22(15)19-10-5-8-17-7-4-9-18(14-30)23(17)19;1-3-9(11)10-7-5-4-6-8(10)2/h4-5,7-10,13,16,21,32H,6,11-12H2,1-3H3,(H2,31,33);3,8H,1,4-7H2,2H3/t16-,21-;8-/m01/s1. The molecule has 3 N–H and O–H groups in total. The molecule has 3 heterocycles. The lowest BCUT2D eigenvalue weighted by Crippen LogP contribution is -2.40. The zero-order valence-electron chi connectivity index (χ0n) is 27.5. The summed E-state index contributed by atoms with van der Waals surface area (Å²) in [7, 11) is 2.05. The van der Waals surface area contributed by atoms with Gasteiger partial charge in [-0.05, 0) is 101 Å². The molecule has 2 aliphatic heterocycles. The molecule has 9 nitrogen and oxygen atoms in total. The van der Waals surface area contributed by atoms with Gasteiger partial charge in [0.25, 0.3) is 0 Å². The number of aryl methyl sites for hydroxylation is 1. The molecule has 0 aliphatic carbocycles. The second-order valence-corrected chi connectivity index (χ2v) is 12.5. The fraction of sp³-hybridized carbons (Fsp3) is 0.378. The van der Waals surface area contributed by atoms with Gasteiger partial charge in [-0.25, -0.2) is 14.9 Å². The number of ether oxygens (including phenoxy) is 1. The van der Waals surface area contributed by atoms with Gasteiger partial charge in [-0.15, -0.1) is 0 Å². The summed E-state index contributed by atoms with van der Waals surface area (Å²) >= 11 is 0. The van der Waals surface area contributed by atoms with Crippen LogP contribution in [0.15, 0.2) is 60.2 Å². The average Bonchev–Trinajstić information content (AvgIpc) is 3.51. The number of nitrogens with two attached hydrogens (primary N) is 1. The van der Waals surface area contributed by atoms with Crippen LogP contribution in [0.2, 0.25) is 0 Å². The predicted octanol–water partition coefficient (Wildman–Crippen LogP) is 8.05. The number of hydrogen-bond donors (Lipinski definition) is 2. The molecule has 0 spiro atoms. The van der Waals surface area contributed by atoms with E-state index in [4.69, 9.17) is 16.0 Å². The van der Waals surface area contributed by atoms with Crippen LogP contribution in [0.1, 0.15) is 57.1 Å². The number of nitrogens with one attached hydrogen (secondary N) is 1. The second kappa shape index (κ2) is 14.3. The fourth-order valence-electron chi connectivity index (χ4n) is 6.97. The molecule has 1 amide bonds. The molecule has 2 fully saturated rings. The van der Waals surface area contributed by atoms with E-state index in [1.807, 2.05) is 49.2 Å². The van der Waals surface area contributed by atoms with Crippen LogP contribution < -0.4 is 10.5 Å². The number of nitrogens with zero attached hydrogens (tertiary/aromatic N) is 5. The van der Waals surface area contributed by atoms with Crippen LogP contribution in [-0.4, -0.2) is 59.0 Å². The Morgan fingerprint density at radius 1 is 1.23 bits per heavy atom. The maximum absolute atomic E-state index is 16.3. The van der Waals surface area contributed by atoms with Crippen molar-refractivity contribution in [2.75, 3.05) is 25.9 Å². The zero-order chi connectivity index (χ0) is 33.8. The topological polar surface area (TPSA) is 132 Å². The van der Waals surface area contributed by atoms with Crippen molar-refractivity contribution in [3.63, 3.8) is 0 Å². The van der Waals surface area contributed by atoms with E-state index in [0.717, 1.165) is 44.2 Å². The number of pyridine rings is 1. The van der Waals surface area contributed by atoms with Crippen LogP contribution >= 0.6 is 0 Å². The summed E-state index contributed by atoms with van der Waals surface area (Å²) in [5, 5.41) is 15.2. The highest BCUT2D eigenvalue weighted by Crippen LogP contribution is 2.43. The molecule has 3 atom stereocenters. The number of benzene rings is 3.